The van der Waals surface area contributed by atoms with Gasteiger partial charge in [0.05, 0.1) is 14.2 Å². The van der Waals surface area contributed by atoms with Gasteiger partial charge in [0.25, 0.3) is 0 Å². The molecule has 0 aliphatic heterocycles. The Kier molecular flexibility index (Phi) is 7.41. The molecule has 0 radical (unpaired) electrons. The minimum atomic E-state index is -0.216. The lowest BCUT2D eigenvalue weighted by molar-refractivity contribution is -0.116. The number of amides is 1. The van der Waals surface area contributed by atoms with E-state index >= 15 is 0 Å². The summed E-state index contributed by atoms with van der Waals surface area (Å²) in [6, 6.07) is 12.8. The Hall–Kier alpha value is -2.82. The second-order valence-electron chi connectivity index (χ2n) is 6.84. The van der Waals surface area contributed by atoms with E-state index in [1.807, 2.05) is 24.3 Å². The van der Waals surface area contributed by atoms with Crippen molar-refractivity contribution in [3.05, 3.63) is 53.6 Å². The van der Waals surface area contributed by atoms with Crippen molar-refractivity contribution < 1.29 is 19.1 Å². The molecular weight excluding hydrogens is 342 g/mol. The fourth-order valence-corrected chi connectivity index (χ4v) is 2.81. The molecule has 0 saturated heterocycles. The predicted octanol–water partition coefficient (Wildman–Crippen LogP) is 4.50. The topological polar surface area (TPSA) is 64.6 Å². The number of benzene rings is 2. The predicted molar refractivity (Wildman–Crippen MR) is 107 cm³/mol. The van der Waals surface area contributed by atoms with Crippen molar-refractivity contribution in [3.63, 3.8) is 0 Å². The number of methoxy groups -OCH3 is 2. The highest BCUT2D eigenvalue weighted by Crippen LogP contribution is 2.29. The van der Waals surface area contributed by atoms with Gasteiger partial charge in [0.1, 0.15) is 0 Å². The van der Waals surface area contributed by atoms with Crippen molar-refractivity contribution in [1.29, 1.82) is 0 Å². The van der Waals surface area contributed by atoms with E-state index in [9.17, 15) is 9.59 Å². The molecular formula is C22H27NO4. The third kappa shape index (κ3) is 6.13. The lowest BCUT2D eigenvalue weighted by atomic mass is 9.99. The molecule has 27 heavy (non-hydrogen) atoms. The zero-order valence-corrected chi connectivity index (χ0v) is 16.4. The first kappa shape index (κ1) is 20.5. The number of carbonyl (C=O) groups excluding carboxylic acids is 2. The van der Waals surface area contributed by atoms with Crippen LogP contribution in [0.4, 0.5) is 5.69 Å². The van der Waals surface area contributed by atoms with Crippen LogP contribution in [-0.4, -0.2) is 25.9 Å². The lowest BCUT2D eigenvalue weighted by Gasteiger charge is -2.10. The Balaban J connectivity index is 1.88. The zero-order valence-electron chi connectivity index (χ0n) is 16.4. The zero-order chi connectivity index (χ0) is 19.8. The molecule has 1 amide bonds. The summed E-state index contributed by atoms with van der Waals surface area (Å²) in [5, 5.41) is 2.78. The summed E-state index contributed by atoms with van der Waals surface area (Å²) in [4.78, 5) is 24.4. The summed E-state index contributed by atoms with van der Waals surface area (Å²) in [6.45, 7) is 4.33. The SMILES string of the molecule is COc1ccc(NC(=O)CCC(=O)c2ccc(CC(C)C)cc2)cc1OC. The number of ketones is 1. The Bertz CT molecular complexity index is 781. The molecule has 0 saturated carbocycles. The van der Waals surface area contributed by atoms with Gasteiger partial charge in [0.2, 0.25) is 5.91 Å². The Labute approximate surface area is 160 Å². The largest absolute Gasteiger partial charge is 0.493 e. The van der Waals surface area contributed by atoms with Crippen molar-refractivity contribution >= 4 is 17.4 Å². The van der Waals surface area contributed by atoms with Crippen molar-refractivity contribution in [2.24, 2.45) is 5.92 Å². The second kappa shape index (κ2) is 9.76. The summed E-state index contributed by atoms with van der Waals surface area (Å²) in [5.74, 6) is 1.45. The molecule has 0 heterocycles. The first-order valence-electron chi connectivity index (χ1n) is 9.07. The normalized spacial score (nSPS) is 10.6. The molecule has 144 valence electrons. The molecule has 1 N–H and O–H groups in total. The van der Waals surface area contributed by atoms with E-state index in [0.29, 0.717) is 28.7 Å². The number of carbonyl (C=O) groups is 2. The fourth-order valence-electron chi connectivity index (χ4n) is 2.81. The number of rotatable bonds is 9. The van der Waals surface area contributed by atoms with Crippen LogP contribution in [-0.2, 0) is 11.2 Å². The third-order valence-electron chi connectivity index (χ3n) is 4.17. The average Bonchev–Trinajstić information content (AvgIpc) is 2.66. The van der Waals surface area contributed by atoms with Crippen molar-refractivity contribution in [3.8, 4) is 11.5 Å². The number of Topliss-reactive ketones (excluding diaryl/α,β-unsaturated/α-hetero) is 1. The van der Waals surface area contributed by atoms with Gasteiger partial charge in [-0.2, -0.15) is 0 Å². The molecule has 0 aliphatic rings. The summed E-state index contributed by atoms with van der Waals surface area (Å²) in [5.41, 5.74) is 2.46. The van der Waals surface area contributed by atoms with Gasteiger partial charge >= 0.3 is 0 Å². The molecule has 0 bridgehead atoms. The smallest absolute Gasteiger partial charge is 0.224 e. The highest BCUT2D eigenvalue weighted by atomic mass is 16.5. The monoisotopic (exact) mass is 369 g/mol. The molecule has 2 rings (SSSR count). The minimum Gasteiger partial charge on any atom is -0.493 e. The van der Waals surface area contributed by atoms with Crippen molar-refractivity contribution in [1.82, 2.24) is 0 Å². The number of anilines is 1. The molecule has 0 aromatic heterocycles. The third-order valence-corrected chi connectivity index (χ3v) is 4.17. The van der Waals surface area contributed by atoms with Crippen molar-refractivity contribution in [2.75, 3.05) is 19.5 Å². The molecule has 5 nitrogen and oxygen atoms in total. The van der Waals surface area contributed by atoms with Gasteiger partial charge in [-0.15, -0.1) is 0 Å². The highest BCUT2D eigenvalue weighted by molar-refractivity contribution is 6.00. The molecule has 5 heteroatoms. The minimum absolute atomic E-state index is 0.0337. The van der Waals surface area contributed by atoms with Gasteiger partial charge in [-0.05, 0) is 30.0 Å². The van der Waals surface area contributed by atoms with E-state index in [1.165, 1.54) is 12.7 Å². The van der Waals surface area contributed by atoms with Crippen LogP contribution in [0.25, 0.3) is 0 Å². The van der Waals surface area contributed by atoms with Crippen LogP contribution >= 0.6 is 0 Å². The first-order chi connectivity index (χ1) is 12.9. The summed E-state index contributed by atoms with van der Waals surface area (Å²) in [6.07, 6.45) is 1.28. The Morgan fingerprint density at radius 3 is 2.19 bits per heavy atom. The number of ether oxygens (including phenoxy) is 2. The summed E-state index contributed by atoms with van der Waals surface area (Å²) in [7, 11) is 3.09. The quantitative estimate of drug-likeness (QED) is 0.661. The van der Waals surface area contributed by atoms with Gasteiger partial charge < -0.3 is 14.8 Å². The maximum atomic E-state index is 12.3. The number of nitrogens with one attached hydrogen (secondary N) is 1. The maximum Gasteiger partial charge on any atom is 0.224 e. The van der Waals surface area contributed by atoms with Crippen LogP contribution in [0.1, 0.15) is 42.6 Å². The van der Waals surface area contributed by atoms with Gasteiger partial charge in [-0.3, -0.25) is 9.59 Å². The molecule has 2 aromatic rings. The Morgan fingerprint density at radius 1 is 0.926 bits per heavy atom. The standard InChI is InChI=1S/C22H27NO4/c1-15(2)13-16-5-7-17(8-6-16)19(24)10-12-22(25)23-18-9-11-20(26-3)21(14-18)27-4/h5-9,11,14-15H,10,12-13H2,1-4H3,(H,23,25). The maximum absolute atomic E-state index is 12.3. The van der Waals surface area contributed by atoms with E-state index in [2.05, 4.69) is 19.2 Å². The lowest BCUT2D eigenvalue weighted by Crippen LogP contribution is -2.13. The van der Waals surface area contributed by atoms with Gasteiger partial charge in [0, 0.05) is 30.2 Å². The first-order valence-corrected chi connectivity index (χ1v) is 9.07. The second-order valence-corrected chi connectivity index (χ2v) is 6.84. The van der Waals surface area contributed by atoms with Gasteiger partial charge in [0.15, 0.2) is 17.3 Å². The van der Waals surface area contributed by atoms with Crippen LogP contribution in [0.5, 0.6) is 11.5 Å². The molecule has 0 fully saturated rings. The van der Waals surface area contributed by atoms with E-state index < -0.39 is 0 Å². The van der Waals surface area contributed by atoms with Crippen LogP contribution in [0.2, 0.25) is 0 Å². The van der Waals surface area contributed by atoms with Crippen LogP contribution < -0.4 is 14.8 Å². The van der Waals surface area contributed by atoms with Crippen molar-refractivity contribution in [2.45, 2.75) is 33.1 Å². The molecule has 0 atom stereocenters. The fraction of sp³-hybridized carbons (Fsp3) is 0.364. The summed E-state index contributed by atoms with van der Waals surface area (Å²) < 4.78 is 10.4. The molecule has 0 unspecified atom stereocenters. The van der Waals surface area contributed by atoms with Gasteiger partial charge in [-0.1, -0.05) is 38.1 Å². The highest BCUT2D eigenvalue weighted by Gasteiger charge is 2.11. The number of hydrogen-bond acceptors (Lipinski definition) is 4. The van der Waals surface area contributed by atoms with E-state index in [0.717, 1.165) is 6.42 Å². The van der Waals surface area contributed by atoms with Gasteiger partial charge in [-0.25, -0.2) is 0 Å². The van der Waals surface area contributed by atoms with Crippen LogP contribution in [0, 0.1) is 5.92 Å². The van der Waals surface area contributed by atoms with Crippen LogP contribution in [0.15, 0.2) is 42.5 Å². The van der Waals surface area contributed by atoms with E-state index in [1.54, 1.807) is 25.3 Å². The molecule has 2 aromatic carbocycles. The number of hydrogen-bond donors (Lipinski definition) is 1. The van der Waals surface area contributed by atoms with E-state index in [4.69, 9.17) is 9.47 Å². The van der Waals surface area contributed by atoms with E-state index in [-0.39, 0.29) is 24.5 Å². The summed E-state index contributed by atoms with van der Waals surface area (Å²) >= 11 is 0. The van der Waals surface area contributed by atoms with Crippen LogP contribution in [0.3, 0.4) is 0 Å². The molecule has 0 spiro atoms. The molecule has 0 aliphatic carbocycles. The Morgan fingerprint density at radius 2 is 1.59 bits per heavy atom. The average molecular weight is 369 g/mol.